The largest absolute Gasteiger partial charge is 0.345 e. The first kappa shape index (κ1) is 11.6. The Labute approximate surface area is 102 Å². The summed E-state index contributed by atoms with van der Waals surface area (Å²) in [5, 5.41) is 0. The Bertz CT molecular complexity index is 538. The lowest BCUT2D eigenvalue weighted by Gasteiger charge is -2.06. The van der Waals surface area contributed by atoms with E-state index >= 15 is 0 Å². The van der Waals surface area contributed by atoms with E-state index in [-0.39, 0.29) is 5.78 Å². The van der Waals surface area contributed by atoms with Gasteiger partial charge in [0, 0.05) is 18.3 Å². The van der Waals surface area contributed by atoms with Crippen LogP contribution in [-0.4, -0.2) is 10.4 Å². The standard InChI is InChI=1S/C15H17NO/c1-4-13-10-11(2)14(16(13)3)15(17)12-8-6-5-7-9-12/h5-10H,4H2,1-3H3. The SMILES string of the molecule is CCc1cc(C)c(C(=O)c2ccccc2)n1C. The van der Waals surface area contributed by atoms with E-state index in [0.29, 0.717) is 0 Å². The van der Waals surface area contributed by atoms with Crippen LogP contribution in [0.5, 0.6) is 0 Å². The van der Waals surface area contributed by atoms with Crippen LogP contribution in [0.2, 0.25) is 0 Å². The summed E-state index contributed by atoms with van der Waals surface area (Å²) in [6.45, 7) is 4.10. The second-order valence-electron chi connectivity index (χ2n) is 4.28. The predicted molar refractivity (Wildman–Crippen MR) is 69.4 cm³/mol. The van der Waals surface area contributed by atoms with E-state index in [2.05, 4.69) is 13.0 Å². The van der Waals surface area contributed by atoms with Gasteiger partial charge >= 0.3 is 0 Å². The van der Waals surface area contributed by atoms with Crippen molar-refractivity contribution in [2.45, 2.75) is 20.3 Å². The molecule has 0 saturated carbocycles. The summed E-state index contributed by atoms with van der Waals surface area (Å²) in [4.78, 5) is 12.4. The minimum atomic E-state index is 0.102. The molecule has 0 unspecified atom stereocenters. The van der Waals surface area contributed by atoms with Crippen molar-refractivity contribution in [3.8, 4) is 0 Å². The molecule has 0 bridgehead atoms. The number of rotatable bonds is 3. The fraction of sp³-hybridized carbons (Fsp3) is 0.267. The van der Waals surface area contributed by atoms with Gasteiger partial charge in [0.1, 0.15) is 0 Å². The molecule has 0 N–H and O–H groups in total. The van der Waals surface area contributed by atoms with Gasteiger partial charge in [0.2, 0.25) is 5.78 Å². The van der Waals surface area contributed by atoms with Crippen molar-refractivity contribution in [1.29, 1.82) is 0 Å². The lowest BCUT2D eigenvalue weighted by atomic mass is 10.1. The monoisotopic (exact) mass is 227 g/mol. The maximum Gasteiger partial charge on any atom is 0.209 e. The molecule has 2 rings (SSSR count). The third kappa shape index (κ3) is 2.03. The molecular formula is C15H17NO. The minimum absolute atomic E-state index is 0.102. The average molecular weight is 227 g/mol. The van der Waals surface area contributed by atoms with Crippen molar-refractivity contribution < 1.29 is 4.79 Å². The molecule has 0 atom stereocenters. The molecular weight excluding hydrogens is 210 g/mol. The predicted octanol–water partition coefficient (Wildman–Crippen LogP) is 3.13. The van der Waals surface area contributed by atoms with Crippen LogP contribution >= 0.6 is 0 Å². The lowest BCUT2D eigenvalue weighted by Crippen LogP contribution is -2.10. The molecule has 0 spiro atoms. The van der Waals surface area contributed by atoms with Crippen molar-refractivity contribution in [1.82, 2.24) is 4.57 Å². The summed E-state index contributed by atoms with van der Waals surface area (Å²) in [5.41, 5.74) is 3.80. The molecule has 1 heterocycles. The molecule has 2 nitrogen and oxygen atoms in total. The van der Waals surface area contributed by atoms with Gasteiger partial charge in [-0.05, 0) is 25.0 Å². The highest BCUT2D eigenvalue weighted by molar-refractivity contribution is 6.09. The number of carbonyl (C=O) groups is 1. The Morgan fingerprint density at radius 2 is 1.88 bits per heavy atom. The number of benzene rings is 1. The van der Waals surface area contributed by atoms with E-state index in [0.717, 1.165) is 23.2 Å². The third-order valence-corrected chi connectivity index (χ3v) is 3.14. The Kier molecular flexibility index (Phi) is 3.14. The van der Waals surface area contributed by atoms with Gasteiger partial charge < -0.3 is 4.57 Å². The van der Waals surface area contributed by atoms with Crippen molar-refractivity contribution in [3.63, 3.8) is 0 Å². The summed E-state index contributed by atoms with van der Waals surface area (Å²) in [6.07, 6.45) is 0.944. The highest BCUT2D eigenvalue weighted by atomic mass is 16.1. The number of carbonyl (C=O) groups excluding carboxylic acids is 1. The maximum atomic E-state index is 12.4. The third-order valence-electron chi connectivity index (χ3n) is 3.14. The first-order valence-corrected chi connectivity index (χ1v) is 5.90. The van der Waals surface area contributed by atoms with Crippen LogP contribution in [0, 0.1) is 6.92 Å². The van der Waals surface area contributed by atoms with Gasteiger partial charge in [-0.25, -0.2) is 0 Å². The number of aromatic nitrogens is 1. The minimum Gasteiger partial charge on any atom is -0.345 e. The zero-order valence-electron chi connectivity index (χ0n) is 10.5. The van der Waals surface area contributed by atoms with Crippen LogP contribution in [0.1, 0.15) is 34.2 Å². The zero-order chi connectivity index (χ0) is 12.4. The number of hydrogen-bond acceptors (Lipinski definition) is 1. The molecule has 1 aromatic heterocycles. The van der Waals surface area contributed by atoms with Crippen LogP contribution in [-0.2, 0) is 13.5 Å². The fourth-order valence-corrected chi connectivity index (χ4v) is 2.22. The second-order valence-corrected chi connectivity index (χ2v) is 4.28. The molecule has 2 heteroatoms. The molecule has 0 amide bonds. The first-order chi connectivity index (χ1) is 8.15. The smallest absolute Gasteiger partial charge is 0.209 e. The Balaban J connectivity index is 2.48. The first-order valence-electron chi connectivity index (χ1n) is 5.90. The number of ketones is 1. The van der Waals surface area contributed by atoms with E-state index in [1.54, 1.807) is 0 Å². The number of nitrogens with zero attached hydrogens (tertiary/aromatic N) is 1. The molecule has 0 fully saturated rings. The molecule has 88 valence electrons. The van der Waals surface area contributed by atoms with Crippen molar-refractivity contribution in [2.24, 2.45) is 7.05 Å². The Hall–Kier alpha value is -1.83. The van der Waals surface area contributed by atoms with Gasteiger partial charge in [-0.3, -0.25) is 4.79 Å². The van der Waals surface area contributed by atoms with Gasteiger partial charge in [-0.15, -0.1) is 0 Å². The van der Waals surface area contributed by atoms with Gasteiger partial charge in [0.05, 0.1) is 5.69 Å². The summed E-state index contributed by atoms with van der Waals surface area (Å²) in [5.74, 6) is 0.102. The van der Waals surface area contributed by atoms with Crippen LogP contribution in [0.15, 0.2) is 36.4 Å². The summed E-state index contributed by atoms with van der Waals surface area (Å²) in [6, 6.07) is 11.5. The highest BCUT2D eigenvalue weighted by Gasteiger charge is 2.17. The number of hydrogen-bond donors (Lipinski definition) is 0. The van der Waals surface area contributed by atoms with Gasteiger partial charge in [-0.1, -0.05) is 37.3 Å². The molecule has 0 radical (unpaired) electrons. The van der Waals surface area contributed by atoms with Crippen LogP contribution in [0.25, 0.3) is 0 Å². The molecule has 0 aliphatic heterocycles. The zero-order valence-corrected chi connectivity index (χ0v) is 10.5. The van der Waals surface area contributed by atoms with Gasteiger partial charge in [-0.2, -0.15) is 0 Å². The summed E-state index contributed by atoms with van der Waals surface area (Å²) < 4.78 is 2.00. The van der Waals surface area contributed by atoms with E-state index in [9.17, 15) is 4.79 Å². The number of aryl methyl sites for hydroxylation is 2. The van der Waals surface area contributed by atoms with Crippen molar-refractivity contribution in [2.75, 3.05) is 0 Å². The quantitative estimate of drug-likeness (QED) is 0.738. The average Bonchev–Trinajstić information content (AvgIpc) is 2.64. The maximum absolute atomic E-state index is 12.4. The highest BCUT2D eigenvalue weighted by Crippen LogP contribution is 2.18. The fourth-order valence-electron chi connectivity index (χ4n) is 2.22. The van der Waals surface area contributed by atoms with E-state index in [1.165, 1.54) is 5.69 Å². The Morgan fingerprint density at radius 3 is 2.41 bits per heavy atom. The van der Waals surface area contributed by atoms with Crippen LogP contribution in [0.4, 0.5) is 0 Å². The Morgan fingerprint density at radius 1 is 1.24 bits per heavy atom. The summed E-state index contributed by atoms with van der Waals surface area (Å²) in [7, 11) is 1.96. The molecule has 17 heavy (non-hydrogen) atoms. The molecule has 0 aliphatic rings. The molecule has 1 aromatic carbocycles. The second kappa shape index (κ2) is 4.58. The summed E-state index contributed by atoms with van der Waals surface area (Å²) >= 11 is 0. The van der Waals surface area contributed by atoms with Gasteiger partial charge in [0.25, 0.3) is 0 Å². The molecule has 0 aliphatic carbocycles. The normalized spacial score (nSPS) is 10.5. The molecule has 0 saturated heterocycles. The van der Waals surface area contributed by atoms with E-state index < -0.39 is 0 Å². The van der Waals surface area contributed by atoms with E-state index in [1.807, 2.05) is 48.9 Å². The van der Waals surface area contributed by atoms with E-state index in [4.69, 9.17) is 0 Å². The van der Waals surface area contributed by atoms with Crippen molar-refractivity contribution in [3.05, 3.63) is 58.9 Å². The van der Waals surface area contributed by atoms with Crippen LogP contribution in [0.3, 0.4) is 0 Å². The van der Waals surface area contributed by atoms with Crippen LogP contribution < -0.4 is 0 Å². The molecule has 2 aromatic rings. The topological polar surface area (TPSA) is 22.0 Å². The van der Waals surface area contributed by atoms with Gasteiger partial charge in [0.15, 0.2) is 0 Å². The van der Waals surface area contributed by atoms with Crippen molar-refractivity contribution >= 4 is 5.78 Å². The lowest BCUT2D eigenvalue weighted by molar-refractivity contribution is 0.103.